The lowest BCUT2D eigenvalue weighted by Crippen LogP contribution is -2.52. The first kappa shape index (κ1) is 21.3. The number of fused-ring (bicyclic) bond motifs is 1. The molecule has 3 heterocycles. The van der Waals surface area contributed by atoms with Crippen LogP contribution in [0.4, 0.5) is 16.2 Å². The molecule has 2 aliphatic rings. The third-order valence-corrected chi connectivity index (χ3v) is 5.81. The van der Waals surface area contributed by atoms with Gasteiger partial charge in [-0.3, -0.25) is 19.7 Å². The molecular formula is C22H30N6O3. The van der Waals surface area contributed by atoms with Crippen molar-refractivity contribution in [3.8, 4) is 11.1 Å². The van der Waals surface area contributed by atoms with Crippen LogP contribution in [0.15, 0.2) is 30.6 Å². The van der Waals surface area contributed by atoms with E-state index in [4.69, 9.17) is 10.5 Å². The van der Waals surface area contributed by atoms with Crippen LogP contribution in [0.5, 0.6) is 0 Å². The van der Waals surface area contributed by atoms with E-state index in [-0.39, 0.29) is 18.2 Å². The number of benzene rings is 1. The van der Waals surface area contributed by atoms with E-state index in [1.807, 2.05) is 31.3 Å². The number of hydrogen-bond donors (Lipinski definition) is 2. The van der Waals surface area contributed by atoms with Gasteiger partial charge in [-0.05, 0) is 50.4 Å². The van der Waals surface area contributed by atoms with Crippen molar-refractivity contribution in [2.45, 2.75) is 51.9 Å². The van der Waals surface area contributed by atoms with Crippen LogP contribution < -0.4 is 20.9 Å². The van der Waals surface area contributed by atoms with Crippen LogP contribution >= 0.6 is 0 Å². The molecule has 1 aromatic carbocycles. The zero-order valence-electron chi connectivity index (χ0n) is 18.1. The number of ether oxygens (including phenoxy) is 1. The number of carbonyl (C=O) groups excluding carboxylic acids is 2. The predicted molar refractivity (Wildman–Crippen MR) is 119 cm³/mol. The molecule has 1 unspecified atom stereocenters. The second kappa shape index (κ2) is 9.07. The minimum Gasteiger partial charge on any atom is -0.430 e. The Kier molecular flexibility index (Phi) is 6.24. The van der Waals surface area contributed by atoms with Crippen LogP contribution in [-0.4, -0.2) is 53.7 Å². The van der Waals surface area contributed by atoms with E-state index < -0.39 is 6.09 Å². The molecule has 2 amide bonds. The average Bonchev–Trinajstić information content (AvgIpc) is 3.22. The highest BCUT2D eigenvalue weighted by Crippen LogP contribution is 2.39. The van der Waals surface area contributed by atoms with Gasteiger partial charge in [-0.1, -0.05) is 6.07 Å². The third kappa shape index (κ3) is 4.42. The number of amides is 2. The van der Waals surface area contributed by atoms with Crippen molar-refractivity contribution in [3.63, 3.8) is 0 Å². The minimum absolute atomic E-state index is 0.0563. The van der Waals surface area contributed by atoms with E-state index in [0.717, 1.165) is 36.9 Å². The lowest BCUT2D eigenvalue weighted by Gasteiger charge is -2.41. The standard InChI is InChI=1S/C22H30N6O3/c1-15-13-27(22(30)31-21-5-3-4-9-24-21)20-11-17(6-7-19(20)28(15)16(2)29)18-12-25-26(14-18)10-8-23/h6-7,11-12,14-15,21,24H,3-5,8-10,13,23H2,1-2H3/t15-,21?/m0/s1. The van der Waals surface area contributed by atoms with Crippen molar-refractivity contribution in [1.82, 2.24) is 15.1 Å². The van der Waals surface area contributed by atoms with Crippen molar-refractivity contribution in [2.24, 2.45) is 5.73 Å². The molecule has 3 N–H and O–H groups in total. The Morgan fingerprint density at radius 2 is 2.10 bits per heavy atom. The van der Waals surface area contributed by atoms with Gasteiger partial charge < -0.3 is 15.4 Å². The SMILES string of the molecule is CC(=O)N1c2ccc(-c3cnn(CCN)c3)cc2N(C(=O)OC2CCCCN2)C[C@@H]1C. The summed E-state index contributed by atoms with van der Waals surface area (Å²) in [7, 11) is 0. The van der Waals surface area contributed by atoms with Crippen LogP contribution in [0.25, 0.3) is 11.1 Å². The van der Waals surface area contributed by atoms with Gasteiger partial charge in [0.25, 0.3) is 0 Å². The second-order valence-corrected chi connectivity index (χ2v) is 8.16. The Hall–Kier alpha value is -2.91. The number of piperidine rings is 1. The van der Waals surface area contributed by atoms with Gasteiger partial charge in [0.1, 0.15) is 0 Å². The smallest absolute Gasteiger partial charge is 0.416 e. The van der Waals surface area contributed by atoms with Crippen LogP contribution in [0.3, 0.4) is 0 Å². The van der Waals surface area contributed by atoms with E-state index >= 15 is 0 Å². The van der Waals surface area contributed by atoms with Crippen molar-refractivity contribution < 1.29 is 14.3 Å². The Labute approximate surface area is 182 Å². The number of nitrogens with two attached hydrogens (primary N) is 1. The molecule has 1 aromatic heterocycles. The molecule has 2 aromatic rings. The Balaban J connectivity index is 1.68. The van der Waals surface area contributed by atoms with Crippen molar-refractivity contribution in [1.29, 1.82) is 0 Å². The molecule has 2 aliphatic heterocycles. The lowest BCUT2D eigenvalue weighted by molar-refractivity contribution is -0.117. The van der Waals surface area contributed by atoms with E-state index in [2.05, 4.69) is 10.4 Å². The fourth-order valence-electron chi connectivity index (χ4n) is 4.33. The fraction of sp³-hybridized carbons (Fsp3) is 0.500. The lowest BCUT2D eigenvalue weighted by atomic mass is 10.0. The summed E-state index contributed by atoms with van der Waals surface area (Å²) in [5, 5.41) is 7.59. The van der Waals surface area contributed by atoms with Crippen molar-refractivity contribution in [3.05, 3.63) is 30.6 Å². The highest BCUT2D eigenvalue weighted by molar-refractivity contribution is 6.03. The predicted octanol–water partition coefficient (Wildman–Crippen LogP) is 2.31. The summed E-state index contributed by atoms with van der Waals surface area (Å²) in [5.41, 5.74) is 8.83. The molecule has 2 atom stereocenters. The van der Waals surface area contributed by atoms with Crippen molar-refractivity contribution in [2.75, 3.05) is 29.4 Å². The summed E-state index contributed by atoms with van der Waals surface area (Å²) < 4.78 is 7.55. The number of carbonyl (C=O) groups is 2. The molecule has 9 nitrogen and oxygen atoms in total. The summed E-state index contributed by atoms with van der Waals surface area (Å²) in [6, 6.07) is 5.61. The first-order chi connectivity index (χ1) is 15.0. The van der Waals surface area contributed by atoms with Gasteiger partial charge in [0.05, 0.1) is 30.2 Å². The number of nitrogens with one attached hydrogen (secondary N) is 1. The van der Waals surface area contributed by atoms with E-state index in [9.17, 15) is 9.59 Å². The van der Waals surface area contributed by atoms with Gasteiger partial charge in [-0.15, -0.1) is 0 Å². The average molecular weight is 427 g/mol. The Bertz CT molecular complexity index is 952. The molecule has 0 bridgehead atoms. The first-order valence-corrected chi connectivity index (χ1v) is 10.9. The zero-order valence-corrected chi connectivity index (χ0v) is 18.1. The second-order valence-electron chi connectivity index (χ2n) is 8.16. The van der Waals surface area contributed by atoms with E-state index in [1.54, 1.807) is 27.6 Å². The van der Waals surface area contributed by atoms with Crippen LogP contribution in [0, 0.1) is 0 Å². The van der Waals surface area contributed by atoms with Gasteiger partial charge in [0.15, 0.2) is 6.23 Å². The number of anilines is 2. The normalized spacial score (nSPS) is 21.0. The topological polar surface area (TPSA) is 106 Å². The van der Waals surface area contributed by atoms with Crippen LogP contribution in [0.2, 0.25) is 0 Å². The number of rotatable bonds is 4. The van der Waals surface area contributed by atoms with Gasteiger partial charge in [-0.2, -0.15) is 5.10 Å². The molecule has 166 valence electrons. The van der Waals surface area contributed by atoms with Gasteiger partial charge in [-0.25, -0.2) is 4.79 Å². The quantitative estimate of drug-likeness (QED) is 0.777. The van der Waals surface area contributed by atoms with E-state index in [1.165, 1.54) is 0 Å². The minimum atomic E-state index is -0.397. The summed E-state index contributed by atoms with van der Waals surface area (Å²) in [4.78, 5) is 28.8. The summed E-state index contributed by atoms with van der Waals surface area (Å²) >= 11 is 0. The molecule has 0 aliphatic carbocycles. The maximum Gasteiger partial charge on any atom is 0.416 e. The molecule has 1 saturated heterocycles. The molecule has 0 spiro atoms. The van der Waals surface area contributed by atoms with Crippen molar-refractivity contribution >= 4 is 23.4 Å². The first-order valence-electron chi connectivity index (χ1n) is 10.9. The zero-order chi connectivity index (χ0) is 22.0. The largest absolute Gasteiger partial charge is 0.430 e. The molecular weight excluding hydrogens is 396 g/mol. The van der Waals surface area contributed by atoms with Crippen LogP contribution in [-0.2, 0) is 16.1 Å². The number of nitrogens with zero attached hydrogens (tertiary/aromatic N) is 4. The third-order valence-electron chi connectivity index (χ3n) is 5.81. The molecule has 1 fully saturated rings. The fourth-order valence-corrected chi connectivity index (χ4v) is 4.33. The highest BCUT2D eigenvalue weighted by Gasteiger charge is 2.35. The van der Waals surface area contributed by atoms with Gasteiger partial charge in [0.2, 0.25) is 5.91 Å². The molecule has 4 rings (SSSR count). The maximum atomic E-state index is 13.1. The van der Waals surface area contributed by atoms with Gasteiger partial charge >= 0.3 is 6.09 Å². The van der Waals surface area contributed by atoms with E-state index in [0.29, 0.717) is 31.0 Å². The van der Waals surface area contributed by atoms with Crippen LogP contribution in [0.1, 0.15) is 33.1 Å². The summed E-state index contributed by atoms with van der Waals surface area (Å²) in [6.45, 7) is 5.84. The highest BCUT2D eigenvalue weighted by atomic mass is 16.6. The molecule has 9 heteroatoms. The number of aromatic nitrogens is 2. The summed E-state index contributed by atoms with van der Waals surface area (Å²) in [5.74, 6) is -0.0563. The molecule has 0 saturated carbocycles. The Morgan fingerprint density at radius 3 is 2.81 bits per heavy atom. The number of hydrogen-bond acceptors (Lipinski definition) is 6. The summed E-state index contributed by atoms with van der Waals surface area (Å²) in [6.07, 6.45) is 5.97. The molecule has 0 radical (unpaired) electrons. The monoisotopic (exact) mass is 426 g/mol. The Morgan fingerprint density at radius 1 is 1.26 bits per heavy atom. The molecule has 31 heavy (non-hydrogen) atoms. The van der Waals surface area contributed by atoms with Gasteiger partial charge in [0, 0.05) is 31.8 Å². The maximum absolute atomic E-state index is 13.1.